The summed E-state index contributed by atoms with van der Waals surface area (Å²) in [5.74, 6) is -2.51. The van der Waals surface area contributed by atoms with Gasteiger partial charge in [0.15, 0.2) is 5.71 Å². The van der Waals surface area contributed by atoms with Crippen molar-refractivity contribution in [1.82, 2.24) is 0 Å². The van der Waals surface area contributed by atoms with E-state index in [4.69, 9.17) is 21.1 Å². The van der Waals surface area contributed by atoms with Crippen LogP contribution in [0.3, 0.4) is 0 Å². The zero-order valence-electron chi connectivity index (χ0n) is 16.2. The van der Waals surface area contributed by atoms with E-state index in [0.29, 0.717) is 22.1 Å². The number of carbonyl (C=O) groups excluding carboxylic acids is 3. The number of hydrogen-bond acceptors (Lipinski definition) is 7. The molecule has 1 saturated heterocycles. The Morgan fingerprint density at radius 2 is 1.80 bits per heavy atom. The first kappa shape index (κ1) is 19.9. The van der Waals surface area contributed by atoms with Crippen LogP contribution in [0, 0.1) is 5.92 Å². The van der Waals surface area contributed by atoms with Gasteiger partial charge in [-0.25, -0.2) is 9.69 Å². The van der Waals surface area contributed by atoms with Crippen LogP contribution in [0.4, 0.5) is 11.4 Å². The van der Waals surface area contributed by atoms with Crippen LogP contribution in [0.25, 0.3) is 0 Å². The Kier molecular flexibility index (Phi) is 5.17. The number of hydrazone groups is 1. The minimum Gasteiger partial charge on any atom is -0.495 e. The average Bonchev–Trinajstić information content (AvgIpc) is 3.26. The third-order valence-corrected chi connectivity index (χ3v) is 5.20. The summed E-state index contributed by atoms with van der Waals surface area (Å²) < 4.78 is 10.4. The van der Waals surface area contributed by atoms with Crippen LogP contribution in [0.5, 0.6) is 5.75 Å². The zero-order valence-corrected chi connectivity index (χ0v) is 17.0. The SMILES string of the molecule is CCOC(=O)C1=NN(c2ccc(Cl)cc2)C2C(=O)N(c3ccccc3OC)C(=O)C12. The van der Waals surface area contributed by atoms with Gasteiger partial charge in [0.1, 0.15) is 17.7 Å². The van der Waals surface area contributed by atoms with Gasteiger partial charge in [0, 0.05) is 5.02 Å². The number of nitrogens with zero attached hydrogens (tertiary/aromatic N) is 3. The van der Waals surface area contributed by atoms with Crippen molar-refractivity contribution < 1.29 is 23.9 Å². The standard InChI is InChI=1S/C21H18ClN3O5/c1-3-30-21(28)17-16-18(25(23-17)13-10-8-12(22)9-11-13)20(27)24(19(16)26)14-6-4-5-7-15(14)29-2/h4-11,16,18H,3H2,1-2H3. The highest BCUT2D eigenvalue weighted by molar-refractivity contribution is 6.47. The van der Waals surface area contributed by atoms with Crippen LogP contribution < -0.4 is 14.6 Å². The van der Waals surface area contributed by atoms with Gasteiger partial charge in [0.05, 0.1) is 25.1 Å². The number of imide groups is 1. The fraction of sp³-hybridized carbons (Fsp3) is 0.238. The summed E-state index contributed by atoms with van der Waals surface area (Å²) in [5.41, 5.74) is 0.730. The lowest BCUT2D eigenvalue weighted by Crippen LogP contribution is -2.39. The molecule has 8 nitrogen and oxygen atoms in total. The van der Waals surface area contributed by atoms with Gasteiger partial charge >= 0.3 is 5.97 Å². The van der Waals surface area contributed by atoms with Crippen molar-refractivity contribution >= 4 is 46.5 Å². The molecule has 1 fully saturated rings. The quantitative estimate of drug-likeness (QED) is 0.538. The number of rotatable bonds is 5. The topological polar surface area (TPSA) is 88.5 Å². The summed E-state index contributed by atoms with van der Waals surface area (Å²) in [6, 6.07) is 12.3. The van der Waals surface area contributed by atoms with Gasteiger partial charge < -0.3 is 9.47 Å². The monoisotopic (exact) mass is 427 g/mol. The van der Waals surface area contributed by atoms with E-state index >= 15 is 0 Å². The third-order valence-electron chi connectivity index (χ3n) is 4.95. The molecule has 9 heteroatoms. The van der Waals surface area contributed by atoms with Crippen molar-refractivity contribution in [2.45, 2.75) is 13.0 Å². The lowest BCUT2D eigenvalue weighted by molar-refractivity contribution is -0.136. The van der Waals surface area contributed by atoms with Gasteiger partial charge in [-0.15, -0.1) is 0 Å². The second-order valence-corrected chi connectivity index (χ2v) is 7.07. The van der Waals surface area contributed by atoms with E-state index in [0.717, 1.165) is 4.90 Å². The number of methoxy groups -OCH3 is 1. The van der Waals surface area contributed by atoms with Gasteiger partial charge in [0.25, 0.3) is 5.91 Å². The summed E-state index contributed by atoms with van der Waals surface area (Å²) in [6.45, 7) is 1.78. The smallest absolute Gasteiger partial charge is 0.355 e. The molecule has 2 aliphatic rings. The number of hydrogen-bond donors (Lipinski definition) is 0. The second-order valence-electron chi connectivity index (χ2n) is 6.63. The summed E-state index contributed by atoms with van der Waals surface area (Å²) in [7, 11) is 1.45. The molecule has 30 heavy (non-hydrogen) atoms. The average molecular weight is 428 g/mol. The highest BCUT2D eigenvalue weighted by Gasteiger charge is 2.59. The Morgan fingerprint density at radius 1 is 1.10 bits per heavy atom. The summed E-state index contributed by atoms with van der Waals surface area (Å²) in [4.78, 5) is 40.3. The number of anilines is 2. The van der Waals surface area contributed by atoms with Crippen LogP contribution in [0.1, 0.15) is 6.92 Å². The molecule has 2 heterocycles. The Bertz CT molecular complexity index is 1050. The normalized spacial score (nSPS) is 20.3. The maximum absolute atomic E-state index is 13.4. The molecule has 2 unspecified atom stereocenters. The Labute approximate surface area is 177 Å². The summed E-state index contributed by atoms with van der Waals surface area (Å²) in [6.07, 6.45) is 0. The highest BCUT2D eigenvalue weighted by Crippen LogP contribution is 2.40. The molecule has 2 amide bonds. The molecule has 4 rings (SSSR count). The third kappa shape index (κ3) is 3.09. The van der Waals surface area contributed by atoms with E-state index in [9.17, 15) is 14.4 Å². The number of amides is 2. The number of carbonyl (C=O) groups is 3. The molecule has 0 saturated carbocycles. The summed E-state index contributed by atoms with van der Waals surface area (Å²) >= 11 is 5.97. The Morgan fingerprint density at radius 3 is 2.47 bits per heavy atom. The fourth-order valence-corrected chi connectivity index (χ4v) is 3.77. The van der Waals surface area contributed by atoms with E-state index in [1.165, 1.54) is 12.1 Å². The van der Waals surface area contributed by atoms with Crippen molar-refractivity contribution in [2.75, 3.05) is 23.6 Å². The molecule has 154 valence electrons. The van der Waals surface area contributed by atoms with E-state index in [1.54, 1.807) is 55.5 Å². The van der Waals surface area contributed by atoms with E-state index in [1.807, 2.05) is 0 Å². The first-order valence-electron chi connectivity index (χ1n) is 9.29. The molecule has 0 bridgehead atoms. The first-order valence-corrected chi connectivity index (χ1v) is 9.67. The van der Waals surface area contributed by atoms with Gasteiger partial charge in [-0.2, -0.15) is 5.10 Å². The highest BCUT2D eigenvalue weighted by atomic mass is 35.5. The van der Waals surface area contributed by atoms with E-state index in [-0.39, 0.29) is 12.3 Å². The van der Waals surface area contributed by atoms with Crippen molar-refractivity contribution in [3.63, 3.8) is 0 Å². The fourth-order valence-electron chi connectivity index (χ4n) is 3.65. The largest absolute Gasteiger partial charge is 0.495 e. The molecule has 0 aliphatic carbocycles. The number of esters is 1. The van der Waals surface area contributed by atoms with Gasteiger partial charge in [-0.3, -0.25) is 14.6 Å². The Hall–Kier alpha value is -3.39. The maximum Gasteiger partial charge on any atom is 0.355 e. The van der Waals surface area contributed by atoms with E-state index in [2.05, 4.69) is 5.10 Å². The molecule has 0 radical (unpaired) electrons. The molecule has 2 atom stereocenters. The predicted octanol–water partition coefficient (Wildman–Crippen LogP) is 2.65. The summed E-state index contributed by atoms with van der Waals surface area (Å²) in [5, 5.41) is 6.18. The van der Waals surface area contributed by atoms with Gasteiger partial charge in [0.2, 0.25) is 5.91 Å². The van der Waals surface area contributed by atoms with Crippen molar-refractivity contribution in [1.29, 1.82) is 0 Å². The van der Waals surface area contributed by atoms with Crippen LogP contribution in [0.2, 0.25) is 5.02 Å². The number of ether oxygens (including phenoxy) is 2. The van der Waals surface area contributed by atoms with Crippen molar-refractivity contribution in [2.24, 2.45) is 11.0 Å². The second kappa shape index (κ2) is 7.79. The first-order chi connectivity index (χ1) is 14.5. The number of benzene rings is 2. The maximum atomic E-state index is 13.4. The lowest BCUT2D eigenvalue weighted by Gasteiger charge is -2.22. The number of fused-ring (bicyclic) bond motifs is 1. The zero-order chi connectivity index (χ0) is 21.4. The van der Waals surface area contributed by atoms with Crippen LogP contribution in [-0.2, 0) is 19.1 Å². The predicted molar refractivity (Wildman–Crippen MR) is 111 cm³/mol. The van der Waals surface area contributed by atoms with Crippen LogP contribution in [0.15, 0.2) is 53.6 Å². The number of halogens is 1. The molecule has 2 aliphatic heterocycles. The minimum atomic E-state index is -1.09. The number of para-hydroxylation sites is 2. The van der Waals surface area contributed by atoms with Gasteiger partial charge in [-0.05, 0) is 43.3 Å². The van der Waals surface area contributed by atoms with Crippen LogP contribution >= 0.6 is 11.6 Å². The minimum absolute atomic E-state index is 0.104. The van der Waals surface area contributed by atoms with E-state index < -0.39 is 29.7 Å². The van der Waals surface area contributed by atoms with Crippen molar-refractivity contribution in [3.8, 4) is 5.75 Å². The molecule has 0 spiro atoms. The van der Waals surface area contributed by atoms with Crippen molar-refractivity contribution in [3.05, 3.63) is 53.6 Å². The molecular formula is C21H18ClN3O5. The molecule has 2 aromatic carbocycles. The molecule has 0 aromatic heterocycles. The molecule has 0 N–H and O–H groups in total. The lowest BCUT2D eigenvalue weighted by atomic mass is 9.98. The van der Waals surface area contributed by atoms with Crippen LogP contribution in [-0.4, -0.2) is 43.3 Å². The van der Waals surface area contributed by atoms with Gasteiger partial charge in [-0.1, -0.05) is 23.7 Å². The molecular weight excluding hydrogens is 410 g/mol. The molecule has 2 aromatic rings. The Balaban J connectivity index is 1.81.